The van der Waals surface area contributed by atoms with Crippen LogP contribution in [0.15, 0.2) is 41.4 Å². The second-order valence-electron chi connectivity index (χ2n) is 6.13. The van der Waals surface area contributed by atoms with Gasteiger partial charge in [0, 0.05) is 30.9 Å². The molecule has 0 aliphatic rings. The van der Waals surface area contributed by atoms with E-state index in [2.05, 4.69) is 12.0 Å². The molecule has 1 heterocycles. The van der Waals surface area contributed by atoms with Gasteiger partial charge in [0.15, 0.2) is 0 Å². The van der Waals surface area contributed by atoms with Gasteiger partial charge in [-0.15, -0.1) is 0 Å². The molecule has 6 heteroatoms. The maximum Gasteiger partial charge on any atom is 0.246 e. The Hall–Kier alpha value is -1.66. The van der Waals surface area contributed by atoms with Crippen LogP contribution in [0, 0.1) is 0 Å². The second-order valence-corrected chi connectivity index (χ2v) is 8.04. The summed E-state index contributed by atoms with van der Waals surface area (Å²) in [4.78, 5) is 0.292. The molecule has 1 aromatic carbocycles. The molecule has 2 rings (SSSR count). The Bertz CT molecular complexity index is 752. The molecule has 2 aromatic rings. The van der Waals surface area contributed by atoms with Gasteiger partial charge in [-0.1, -0.05) is 50.6 Å². The van der Waals surface area contributed by atoms with Gasteiger partial charge in [-0.2, -0.15) is 9.40 Å². The van der Waals surface area contributed by atoms with E-state index in [1.807, 2.05) is 51.1 Å². The lowest BCUT2D eigenvalue weighted by atomic mass is 10.2. The molecule has 0 unspecified atom stereocenters. The zero-order valence-electron chi connectivity index (χ0n) is 14.9. The fourth-order valence-electron chi connectivity index (χ4n) is 2.55. The molecule has 0 saturated heterocycles. The lowest BCUT2D eigenvalue weighted by Crippen LogP contribution is -2.32. The summed E-state index contributed by atoms with van der Waals surface area (Å²) in [6.45, 7) is 8.93. The summed E-state index contributed by atoms with van der Waals surface area (Å²) in [5, 5.41) is 4.55. The Morgan fingerprint density at radius 2 is 1.83 bits per heavy atom. The molecule has 0 spiro atoms. The van der Waals surface area contributed by atoms with E-state index in [0.29, 0.717) is 23.7 Å². The van der Waals surface area contributed by atoms with Crippen LogP contribution >= 0.6 is 0 Å². The van der Waals surface area contributed by atoms with Gasteiger partial charge >= 0.3 is 0 Å². The molecule has 0 aliphatic carbocycles. The van der Waals surface area contributed by atoms with Crippen molar-refractivity contribution in [3.05, 3.63) is 36.5 Å². The highest BCUT2D eigenvalue weighted by Gasteiger charge is 2.29. The monoisotopic (exact) mass is 349 g/mol. The summed E-state index contributed by atoms with van der Waals surface area (Å²) in [6, 6.07) is 9.60. The van der Waals surface area contributed by atoms with Gasteiger partial charge < -0.3 is 0 Å². The molecule has 0 saturated carbocycles. The zero-order chi connectivity index (χ0) is 17.7. The quantitative estimate of drug-likeness (QED) is 0.725. The molecule has 5 nitrogen and oxygen atoms in total. The van der Waals surface area contributed by atoms with Gasteiger partial charge in [-0.3, -0.25) is 4.68 Å². The SMILES string of the molecule is CCCCN(CC)S(=O)(=O)c1cn(C(C)C)nc1-c1ccccc1. The fraction of sp³-hybridized carbons (Fsp3) is 0.500. The Morgan fingerprint density at radius 1 is 1.17 bits per heavy atom. The molecule has 0 N–H and O–H groups in total. The van der Waals surface area contributed by atoms with Crippen LogP contribution in [0.4, 0.5) is 0 Å². The fourth-order valence-corrected chi connectivity index (χ4v) is 4.18. The van der Waals surface area contributed by atoms with E-state index in [1.165, 1.54) is 0 Å². The maximum atomic E-state index is 13.2. The minimum absolute atomic E-state index is 0.0992. The van der Waals surface area contributed by atoms with Crippen LogP contribution < -0.4 is 0 Å². The molecular formula is C18H27N3O2S. The van der Waals surface area contributed by atoms with Gasteiger partial charge in [-0.05, 0) is 20.3 Å². The lowest BCUT2D eigenvalue weighted by Gasteiger charge is -2.20. The number of nitrogens with zero attached hydrogens (tertiary/aromatic N) is 3. The summed E-state index contributed by atoms with van der Waals surface area (Å²) in [5.74, 6) is 0. The van der Waals surface area contributed by atoms with Crippen molar-refractivity contribution in [2.24, 2.45) is 0 Å². The van der Waals surface area contributed by atoms with Crippen LogP contribution in [0.1, 0.15) is 46.6 Å². The second kappa shape index (κ2) is 7.94. The van der Waals surface area contributed by atoms with Crippen LogP contribution in [0.25, 0.3) is 11.3 Å². The molecule has 0 fully saturated rings. The van der Waals surface area contributed by atoms with Crippen LogP contribution in [-0.2, 0) is 10.0 Å². The smallest absolute Gasteiger partial charge is 0.246 e. The van der Waals surface area contributed by atoms with Crippen LogP contribution in [0.5, 0.6) is 0 Å². The van der Waals surface area contributed by atoms with Crippen molar-refractivity contribution in [2.45, 2.75) is 51.5 Å². The van der Waals surface area contributed by atoms with E-state index >= 15 is 0 Å². The van der Waals surface area contributed by atoms with Crippen molar-refractivity contribution in [3.8, 4) is 11.3 Å². The molecular weight excluding hydrogens is 322 g/mol. The Balaban J connectivity index is 2.55. The minimum atomic E-state index is -3.56. The summed E-state index contributed by atoms with van der Waals surface area (Å²) < 4.78 is 29.6. The average molecular weight is 350 g/mol. The maximum absolute atomic E-state index is 13.2. The first-order chi connectivity index (χ1) is 11.4. The van der Waals surface area contributed by atoms with Crippen LogP contribution in [-0.4, -0.2) is 35.6 Å². The molecule has 0 aliphatic heterocycles. The van der Waals surface area contributed by atoms with E-state index in [9.17, 15) is 8.42 Å². The number of hydrogen-bond donors (Lipinski definition) is 0. The molecule has 1 aromatic heterocycles. The number of unbranched alkanes of at least 4 members (excludes halogenated alkanes) is 1. The predicted octanol–water partition coefficient (Wildman–Crippen LogP) is 3.94. The van der Waals surface area contributed by atoms with E-state index in [0.717, 1.165) is 18.4 Å². The van der Waals surface area contributed by atoms with Gasteiger partial charge in [0.1, 0.15) is 10.6 Å². The van der Waals surface area contributed by atoms with E-state index < -0.39 is 10.0 Å². The van der Waals surface area contributed by atoms with Crippen molar-refractivity contribution >= 4 is 10.0 Å². The Kier molecular flexibility index (Phi) is 6.18. The van der Waals surface area contributed by atoms with Crippen LogP contribution in [0.2, 0.25) is 0 Å². The molecule has 0 atom stereocenters. The topological polar surface area (TPSA) is 55.2 Å². The molecule has 0 bridgehead atoms. The highest BCUT2D eigenvalue weighted by Crippen LogP contribution is 2.29. The van der Waals surface area contributed by atoms with Crippen molar-refractivity contribution in [1.82, 2.24) is 14.1 Å². The number of aromatic nitrogens is 2. The molecule has 0 radical (unpaired) electrons. The molecule has 24 heavy (non-hydrogen) atoms. The standard InChI is InChI=1S/C18H27N3O2S/c1-5-7-13-20(6-2)24(22,23)17-14-21(15(3)4)19-18(17)16-11-9-8-10-12-16/h8-12,14-15H,5-7,13H2,1-4H3. The van der Waals surface area contributed by atoms with Gasteiger partial charge in [0.25, 0.3) is 0 Å². The largest absolute Gasteiger partial charge is 0.268 e. The number of rotatable bonds is 8. The predicted molar refractivity (Wildman–Crippen MR) is 97.4 cm³/mol. The number of sulfonamides is 1. The van der Waals surface area contributed by atoms with E-state index in [1.54, 1.807) is 15.2 Å². The van der Waals surface area contributed by atoms with Crippen molar-refractivity contribution < 1.29 is 8.42 Å². The highest BCUT2D eigenvalue weighted by molar-refractivity contribution is 7.89. The normalized spacial score (nSPS) is 12.2. The third-order valence-electron chi connectivity index (χ3n) is 4.01. The summed E-state index contributed by atoms with van der Waals surface area (Å²) >= 11 is 0. The summed E-state index contributed by atoms with van der Waals surface area (Å²) in [6.07, 6.45) is 3.48. The molecule has 0 amide bonds. The number of hydrogen-bond acceptors (Lipinski definition) is 3. The van der Waals surface area contributed by atoms with Crippen molar-refractivity contribution in [3.63, 3.8) is 0 Å². The van der Waals surface area contributed by atoms with E-state index in [-0.39, 0.29) is 6.04 Å². The zero-order valence-corrected chi connectivity index (χ0v) is 15.8. The van der Waals surface area contributed by atoms with Crippen molar-refractivity contribution in [2.75, 3.05) is 13.1 Å². The van der Waals surface area contributed by atoms with Gasteiger partial charge in [0.2, 0.25) is 10.0 Å². The van der Waals surface area contributed by atoms with Gasteiger partial charge in [0.05, 0.1) is 0 Å². The first-order valence-electron chi connectivity index (χ1n) is 8.56. The third-order valence-corrected chi connectivity index (χ3v) is 5.98. The highest BCUT2D eigenvalue weighted by atomic mass is 32.2. The van der Waals surface area contributed by atoms with E-state index in [4.69, 9.17) is 0 Å². The third kappa shape index (κ3) is 3.87. The molecule has 132 valence electrons. The Labute approximate surface area is 145 Å². The Morgan fingerprint density at radius 3 is 2.38 bits per heavy atom. The first-order valence-corrected chi connectivity index (χ1v) is 10.0. The average Bonchev–Trinajstić information content (AvgIpc) is 3.02. The summed E-state index contributed by atoms with van der Waals surface area (Å²) in [7, 11) is -3.56. The summed E-state index contributed by atoms with van der Waals surface area (Å²) in [5.41, 5.74) is 1.35. The van der Waals surface area contributed by atoms with Gasteiger partial charge in [-0.25, -0.2) is 8.42 Å². The van der Waals surface area contributed by atoms with Crippen molar-refractivity contribution in [1.29, 1.82) is 0 Å². The first kappa shape index (κ1) is 18.7. The lowest BCUT2D eigenvalue weighted by molar-refractivity contribution is 0.419. The number of benzene rings is 1. The van der Waals surface area contributed by atoms with Crippen LogP contribution in [0.3, 0.4) is 0 Å². The minimum Gasteiger partial charge on any atom is -0.268 e.